The van der Waals surface area contributed by atoms with E-state index in [9.17, 15) is 29.8 Å². The minimum Gasteiger partial charge on any atom is -1.00 e. The third-order valence-electron chi connectivity index (χ3n) is 5.69. The number of carbonyl (C=O) groups is 3. The number of ketones is 1. The number of alkyl halides is 2. The second-order valence-corrected chi connectivity index (χ2v) is 10.9. The van der Waals surface area contributed by atoms with Crippen LogP contribution in [0.25, 0.3) is 0 Å². The number of nitrogens with zero attached hydrogens (tertiary/aromatic N) is 2. The van der Waals surface area contributed by atoms with Gasteiger partial charge in [0.2, 0.25) is 0 Å². The molecule has 1 aromatic carbocycles. The molecule has 1 aromatic rings. The molecule has 34 heavy (non-hydrogen) atoms. The molecule has 0 aromatic heterocycles. The zero-order valence-corrected chi connectivity index (χ0v) is 24.0. The van der Waals surface area contributed by atoms with Gasteiger partial charge in [0.1, 0.15) is 0 Å². The van der Waals surface area contributed by atoms with E-state index in [4.69, 9.17) is 4.74 Å². The third-order valence-corrected chi connectivity index (χ3v) is 8.32. The van der Waals surface area contributed by atoms with Gasteiger partial charge in [-0.05, 0) is 0 Å². The van der Waals surface area contributed by atoms with Crippen molar-refractivity contribution in [1.29, 1.82) is 0 Å². The van der Waals surface area contributed by atoms with Crippen molar-refractivity contribution in [2.75, 3.05) is 23.0 Å². The third kappa shape index (κ3) is 6.69. The number of carbonyl (C=O) groups excluding carboxylic acids is 3. The first-order valence-electron chi connectivity index (χ1n) is 10.2. The molecular weight excluding hydrogens is 676 g/mol. The summed E-state index contributed by atoms with van der Waals surface area (Å²) >= 11 is -0.261. The molecule has 1 atom stereocenters. The summed E-state index contributed by atoms with van der Waals surface area (Å²) in [5.74, 6) is -2.90. The molecule has 4 N–H and O–H groups in total. The van der Waals surface area contributed by atoms with Crippen molar-refractivity contribution in [3.63, 3.8) is 0 Å². The average molecular weight is 707 g/mol. The number of halogens is 2. The minimum atomic E-state index is -2.55. The molecule has 1 saturated heterocycles. The Balaban J connectivity index is 0.00000578. The van der Waals surface area contributed by atoms with Crippen LogP contribution >= 0.6 is 0 Å². The van der Waals surface area contributed by atoms with E-state index in [0.29, 0.717) is 20.5 Å². The van der Waals surface area contributed by atoms with Gasteiger partial charge in [0, 0.05) is 0 Å². The van der Waals surface area contributed by atoms with Crippen molar-refractivity contribution in [3.05, 3.63) is 29.5 Å². The Morgan fingerprint density at radius 1 is 1.24 bits per heavy atom. The fourth-order valence-electron chi connectivity index (χ4n) is 3.74. The largest absolute Gasteiger partial charge is 1.00 e. The second kappa shape index (κ2) is 12.1. The number of nitrogens with two attached hydrogens (primary N) is 1. The zero-order chi connectivity index (χ0) is 25.0. The molecule has 2 amide bonds. The fraction of sp³-hybridized carbons (Fsp3) is 0.571. The summed E-state index contributed by atoms with van der Waals surface area (Å²) in [6.45, 7) is 4.64. The predicted octanol–water partition coefficient (Wildman–Crippen LogP) is -5.49. The number of likely N-dealkylation sites (tertiary alicyclic amines) is 1. The molecule has 0 saturated carbocycles. The van der Waals surface area contributed by atoms with Crippen LogP contribution in [0.4, 0.5) is 15.3 Å². The maximum atomic E-state index is 13.4. The van der Waals surface area contributed by atoms with Gasteiger partial charge in [0.25, 0.3) is 0 Å². The van der Waals surface area contributed by atoms with E-state index >= 15 is 0 Å². The van der Waals surface area contributed by atoms with E-state index in [-0.39, 0.29) is 63.8 Å². The van der Waals surface area contributed by atoms with Crippen molar-refractivity contribution in [2.24, 2.45) is 0 Å². The van der Waals surface area contributed by atoms with Crippen LogP contribution < -0.4 is 55.4 Å². The fourth-order valence-corrected chi connectivity index (χ4v) is 6.02. The number of benzene rings is 1. The van der Waals surface area contributed by atoms with Gasteiger partial charge in [-0.15, -0.1) is 0 Å². The maximum Gasteiger partial charge on any atom is -1.00 e. The molecule has 1 heterocycles. The quantitative estimate of drug-likeness (QED) is 0.0796. The molecule has 0 bridgehead atoms. The minimum absolute atomic E-state index is 0. The first kappa shape index (κ1) is 30.8. The number of aliphatic hydroxyl groups is 2. The number of hydrogen-bond acceptors (Lipinski definition) is 8. The summed E-state index contributed by atoms with van der Waals surface area (Å²) in [6.07, 6.45) is -2.10. The van der Waals surface area contributed by atoms with Gasteiger partial charge in [-0.25, -0.2) is 0 Å². The average Bonchev–Trinajstić information content (AvgIpc) is 3.01. The van der Waals surface area contributed by atoms with Crippen molar-refractivity contribution in [3.8, 4) is 5.75 Å². The Morgan fingerprint density at radius 2 is 1.82 bits per heavy atom. The van der Waals surface area contributed by atoms with E-state index in [0.717, 1.165) is 7.11 Å². The number of hydrogen-bond donors (Lipinski definition) is 3. The molecular formula is C21H31I2N3O8-2. The van der Waals surface area contributed by atoms with Crippen molar-refractivity contribution < 1.29 is 84.7 Å². The van der Waals surface area contributed by atoms with Crippen LogP contribution in [-0.2, 0) is 9.53 Å². The smallest absolute Gasteiger partial charge is 1.00 e. The summed E-state index contributed by atoms with van der Waals surface area (Å²) in [5, 5.41) is 31.4. The van der Waals surface area contributed by atoms with Crippen molar-refractivity contribution in [2.45, 2.75) is 50.6 Å². The van der Waals surface area contributed by atoms with E-state index < -0.39 is 41.5 Å². The molecule has 11 nitrogen and oxygen atoms in total. The van der Waals surface area contributed by atoms with Gasteiger partial charge in [-0.2, -0.15) is 0 Å². The monoisotopic (exact) mass is 707 g/mol. The van der Waals surface area contributed by atoms with Gasteiger partial charge in [-0.3, -0.25) is 0 Å². The van der Waals surface area contributed by atoms with E-state index in [1.165, 1.54) is 36.1 Å². The molecule has 13 heteroatoms. The summed E-state index contributed by atoms with van der Waals surface area (Å²) in [7, 11) is 1.08. The molecule has 1 fully saturated rings. The normalized spacial score (nSPS) is 19.4. The Morgan fingerprint density at radius 3 is 2.32 bits per heavy atom. The van der Waals surface area contributed by atoms with Crippen LogP contribution in [0.1, 0.15) is 33.6 Å². The van der Waals surface area contributed by atoms with Crippen LogP contribution in [0.15, 0.2) is 24.3 Å². The maximum absolute atomic E-state index is 13.4. The molecule has 1 aliphatic heterocycles. The first-order valence-corrected chi connectivity index (χ1v) is 13.9. The molecule has 0 spiro atoms. The topological polar surface area (TPSA) is 156 Å². The summed E-state index contributed by atoms with van der Waals surface area (Å²) in [6, 6.07) is 5.96. The Kier molecular flexibility index (Phi) is 11.0. The van der Waals surface area contributed by atoms with Crippen molar-refractivity contribution in [1.82, 2.24) is 9.80 Å². The zero-order valence-electron chi connectivity index (χ0n) is 19.7. The van der Waals surface area contributed by atoms with Crippen LogP contribution in [0.3, 0.4) is 0 Å². The van der Waals surface area contributed by atoms with Crippen LogP contribution in [0.2, 0.25) is 0 Å². The number of methoxy groups -OCH3 is 1. The Labute approximate surface area is 226 Å². The summed E-state index contributed by atoms with van der Waals surface area (Å²) < 4.78 is 10.8. The first-order chi connectivity index (χ1) is 15.3. The molecule has 2 rings (SSSR count). The van der Waals surface area contributed by atoms with Gasteiger partial charge in [0.05, 0.1) is 0 Å². The van der Waals surface area contributed by atoms with E-state index in [1.807, 2.05) is 18.8 Å². The van der Waals surface area contributed by atoms with Gasteiger partial charge >= 0.3 is 203 Å². The summed E-state index contributed by atoms with van der Waals surface area (Å²) in [4.78, 5) is 42.8. The number of amides is 2. The standard InChI is InChI=1S/C21H31IN3O8.HI/c1-19(2,13-22-4)24(17(27)33-15-8-6-14(23-31)7-9-15)12-16(26)20(3)10-11-21(29,30)25(20)18(28)32-5;/h6-9,29-30H,10-13,23H2,1-5H3;1H/q-1;/p-1/t20-;/m0./s1. The molecule has 0 aliphatic carbocycles. The van der Waals surface area contributed by atoms with Crippen LogP contribution in [0, 0.1) is 5.21 Å². The molecule has 1 aliphatic rings. The number of quaternary nitrogens is 1. The predicted molar refractivity (Wildman–Crippen MR) is 113 cm³/mol. The summed E-state index contributed by atoms with van der Waals surface area (Å²) in [5.41, 5.74) is -1.25. The van der Waals surface area contributed by atoms with Gasteiger partial charge < -0.3 is 24.0 Å². The van der Waals surface area contributed by atoms with E-state index in [2.05, 4.69) is 4.74 Å². The van der Waals surface area contributed by atoms with Gasteiger partial charge in [-0.1, -0.05) is 0 Å². The van der Waals surface area contributed by atoms with Crippen LogP contribution in [0.5, 0.6) is 5.75 Å². The number of ether oxygens (including phenoxy) is 2. The van der Waals surface area contributed by atoms with Crippen LogP contribution in [-0.4, -0.2) is 78.0 Å². The van der Waals surface area contributed by atoms with E-state index in [1.54, 1.807) is 0 Å². The van der Waals surface area contributed by atoms with Gasteiger partial charge in [0.15, 0.2) is 0 Å². The SMILES string of the molecule is COC(=O)N1C(O)(O)CC[C@@]1(C)C(=O)CN(C(=O)Oc1ccc([NH2+][O-])cc1)C(C)(C)C[I-]C.[I-]. The molecule has 194 valence electrons. The molecule has 0 unspecified atom stereocenters. The Bertz CT molecular complexity index is 881. The molecule has 0 radical (unpaired) electrons. The number of Topliss-reactive ketones (excluding diaryl/α,β-unsaturated/α-hetero) is 1. The van der Waals surface area contributed by atoms with Crippen molar-refractivity contribution >= 4 is 23.7 Å². The Hall–Kier alpha value is -1.27. The number of rotatable bonds is 8. The second-order valence-electron chi connectivity index (χ2n) is 8.63.